The van der Waals surface area contributed by atoms with Crippen LogP contribution in [0.15, 0.2) is 60.9 Å². The molecule has 1 aromatic carbocycles. The maximum Gasteiger partial charge on any atom is 0.269 e. The first-order valence-corrected chi connectivity index (χ1v) is 9.64. The summed E-state index contributed by atoms with van der Waals surface area (Å²) in [4.78, 5) is 28.9. The van der Waals surface area contributed by atoms with E-state index in [1.807, 2.05) is 24.3 Å². The molecule has 0 spiro atoms. The normalized spacial score (nSPS) is 14.3. The van der Waals surface area contributed by atoms with Gasteiger partial charge in [-0.1, -0.05) is 0 Å². The summed E-state index contributed by atoms with van der Waals surface area (Å²) in [5.41, 5.74) is 2.31. The Labute approximate surface area is 172 Å². The molecule has 1 aliphatic rings. The molecule has 0 unspecified atom stereocenters. The van der Waals surface area contributed by atoms with Crippen LogP contribution in [0.5, 0.6) is 0 Å². The number of hydrogen-bond acceptors (Lipinski definition) is 7. The molecule has 0 atom stereocenters. The Balaban J connectivity index is 1.32. The van der Waals surface area contributed by atoms with Gasteiger partial charge in [0.1, 0.15) is 0 Å². The van der Waals surface area contributed by atoms with Crippen molar-refractivity contribution in [3.63, 3.8) is 0 Å². The zero-order valence-electron chi connectivity index (χ0n) is 16.1. The highest BCUT2D eigenvalue weighted by molar-refractivity contribution is 5.92. The molecule has 9 nitrogen and oxygen atoms in total. The summed E-state index contributed by atoms with van der Waals surface area (Å²) in [6, 6.07) is 13.5. The number of carbonyl (C=O) groups excluding carboxylic acids is 1. The van der Waals surface area contributed by atoms with Crippen LogP contribution in [0.1, 0.15) is 12.8 Å². The van der Waals surface area contributed by atoms with Crippen molar-refractivity contribution in [3.8, 4) is 11.3 Å². The van der Waals surface area contributed by atoms with Crippen LogP contribution >= 0.6 is 0 Å². The van der Waals surface area contributed by atoms with Gasteiger partial charge in [-0.2, -0.15) is 0 Å². The van der Waals surface area contributed by atoms with Gasteiger partial charge in [0.05, 0.1) is 10.6 Å². The van der Waals surface area contributed by atoms with Crippen molar-refractivity contribution in [2.24, 2.45) is 5.92 Å². The number of nitro groups is 1. The highest BCUT2D eigenvalue weighted by Crippen LogP contribution is 2.24. The molecule has 3 aromatic rings. The lowest BCUT2D eigenvalue weighted by atomic mass is 9.95. The van der Waals surface area contributed by atoms with Gasteiger partial charge in [-0.05, 0) is 49.2 Å². The monoisotopic (exact) mass is 404 g/mol. The van der Waals surface area contributed by atoms with Gasteiger partial charge < -0.3 is 10.2 Å². The quantitative estimate of drug-likeness (QED) is 0.512. The highest BCUT2D eigenvalue weighted by Gasteiger charge is 2.26. The lowest BCUT2D eigenvalue weighted by Crippen LogP contribution is -2.38. The SMILES string of the molecule is O=C(Nc1ccc([N+](=O)[O-])cc1)C1CCN(c2ccc(-c3ccncc3)nn2)CC1. The Morgan fingerprint density at radius 1 is 1.00 bits per heavy atom. The molecule has 2 aromatic heterocycles. The van der Waals surface area contributed by atoms with Crippen molar-refractivity contribution in [2.75, 3.05) is 23.3 Å². The molecular formula is C21H20N6O3. The molecule has 30 heavy (non-hydrogen) atoms. The number of benzene rings is 1. The molecule has 0 saturated carbocycles. The summed E-state index contributed by atoms with van der Waals surface area (Å²) in [6.07, 6.45) is 4.84. The number of pyridine rings is 1. The lowest BCUT2D eigenvalue weighted by molar-refractivity contribution is -0.384. The lowest BCUT2D eigenvalue weighted by Gasteiger charge is -2.31. The number of carbonyl (C=O) groups is 1. The molecule has 0 radical (unpaired) electrons. The standard InChI is InChI=1S/C21H20N6O3/c28-21(23-17-1-3-18(4-2-17)27(29)30)16-9-13-26(14-10-16)20-6-5-19(24-25-20)15-7-11-22-12-8-15/h1-8,11-12,16H,9-10,13-14H2,(H,23,28). The van der Waals surface area contributed by atoms with E-state index in [9.17, 15) is 14.9 Å². The summed E-state index contributed by atoms with van der Waals surface area (Å²) >= 11 is 0. The molecule has 1 aliphatic heterocycles. The van der Waals surface area contributed by atoms with Gasteiger partial charge in [0.2, 0.25) is 5.91 Å². The van der Waals surface area contributed by atoms with Gasteiger partial charge in [-0.3, -0.25) is 19.9 Å². The second kappa shape index (κ2) is 8.64. The Morgan fingerprint density at radius 3 is 2.30 bits per heavy atom. The topological polar surface area (TPSA) is 114 Å². The fraction of sp³-hybridized carbons (Fsp3) is 0.238. The van der Waals surface area contributed by atoms with E-state index in [2.05, 4.69) is 25.4 Å². The number of rotatable bonds is 5. The minimum Gasteiger partial charge on any atom is -0.355 e. The zero-order valence-corrected chi connectivity index (χ0v) is 16.1. The molecule has 3 heterocycles. The Hall–Kier alpha value is -3.88. The number of nitro benzene ring substituents is 1. The predicted molar refractivity (Wildman–Crippen MR) is 112 cm³/mol. The summed E-state index contributed by atoms with van der Waals surface area (Å²) in [5, 5.41) is 22.2. The predicted octanol–water partition coefficient (Wildman–Crippen LogP) is 3.30. The molecular weight excluding hydrogens is 384 g/mol. The van der Waals surface area contributed by atoms with Crippen LogP contribution in [-0.2, 0) is 4.79 Å². The van der Waals surface area contributed by atoms with Crippen LogP contribution < -0.4 is 10.2 Å². The van der Waals surface area contributed by atoms with E-state index >= 15 is 0 Å². The first-order chi connectivity index (χ1) is 14.6. The first-order valence-electron chi connectivity index (χ1n) is 9.64. The van der Waals surface area contributed by atoms with E-state index in [1.54, 1.807) is 24.5 Å². The zero-order chi connectivity index (χ0) is 20.9. The largest absolute Gasteiger partial charge is 0.355 e. The third kappa shape index (κ3) is 4.40. The summed E-state index contributed by atoms with van der Waals surface area (Å²) < 4.78 is 0. The molecule has 152 valence electrons. The van der Waals surface area contributed by atoms with Crippen LogP contribution in [0, 0.1) is 16.0 Å². The van der Waals surface area contributed by atoms with Gasteiger partial charge in [0.15, 0.2) is 5.82 Å². The van der Waals surface area contributed by atoms with Crippen molar-refractivity contribution in [1.29, 1.82) is 0 Å². The molecule has 1 saturated heterocycles. The first kappa shape index (κ1) is 19.4. The van der Waals surface area contributed by atoms with Gasteiger partial charge in [0, 0.05) is 54.8 Å². The Bertz CT molecular complexity index is 1020. The fourth-order valence-electron chi connectivity index (χ4n) is 3.45. The van der Waals surface area contributed by atoms with Crippen molar-refractivity contribution in [3.05, 3.63) is 71.0 Å². The van der Waals surface area contributed by atoms with Crippen LogP contribution in [0.2, 0.25) is 0 Å². The van der Waals surface area contributed by atoms with Crippen LogP contribution in [0.4, 0.5) is 17.2 Å². The number of amides is 1. The average molecular weight is 404 g/mol. The third-order valence-corrected chi connectivity index (χ3v) is 5.16. The van der Waals surface area contributed by atoms with Gasteiger partial charge >= 0.3 is 0 Å². The Morgan fingerprint density at radius 2 is 1.70 bits per heavy atom. The van der Waals surface area contributed by atoms with E-state index in [4.69, 9.17) is 0 Å². The molecule has 1 N–H and O–H groups in total. The maximum absolute atomic E-state index is 12.5. The number of anilines is 2. The van der Waals surface area contributed by atoms with Crippen molar-refractivity contribution in [2.45, 2.75) is 12.8 Å². The number of non-ortho nitro benzene ring substituents is 1. The molecule has 9 heteroatoms. The van der Waals surface area contributed by atoms with Crippen LogP contribution in [0.25, 0.3) is 11.3 Å². The number of piperidine rings is 1. The van der Waals surface area contributed by atoms with E-state index in [0.29, 0.717) is 31.6 Å². The van der Waals surface area contributed by atoms with E-state index in [-0.39, 0.29) is 17.5 Å². The van der Waals surface area contributed by atoms with Crippen molar-refractivity contribution >= 4 is 23.1 Å². The smallest absolute Gasteiger partial charge is 0.269 e. The van der Waals surface area contributed by atoms with Crippen LogP contribution in [-0.4, -0.2) is 39.1 Å². The Kier molecular flexibility index (Phi) is 5.60. The van der Waals surface area contributed by atoms with Gasteiger partial charge in [0.25, 0.3) is 5.69 Å². The number of hydrogen-bond donors (Lipinski definition) is 1. The second-order valence-corrected chi connectivity index (χ2v) is 7.07. The summed E-state index contributed by atoms with van der Waals surface area (Å²) in [5.74, 6) is 0.616. The van der Waals surface area contributed by atoms with Gasteiger partial charge in [-0.15, -0.1) is 10.2 Å². The van der Waals surface area contributed by atoms with Crippen LogP contribution in [0.3, 0.4) is 0 Å². The molecule has 0 aliphatic carbocycles. The van der Waals surface area contributed by atoms with E-state index in [0.717, 1.165) is 17.1 Å². The second-order valence-electron chi connectivity index (χ2n) is 7.07. The third-order valence-electron chi connectivity index (χ3n) is 5.16. The van der Waals surface area contributed by atoms with Crippen molar-refractivity contribution < 1.29 is 9.72 Å². The average Bonchev–Trinajstić information content (AvgIpc) is 2.80. The molecule has 0 bridgehead atoms. The van der Waals surface area contributed by atoms with Crippen molar-refractivity contribution in [1.82, 2.24) is 15.2 Å². The minimum atomic E-state index is -0.464. The fourth-order valence-corrected chi connectivity index (χ4v) is 3.45. The maximum atomic E-state index is 12.5. The summed E-state index contributed by atoms with van der Waals surface area (Å²) in [6.45, 7) is 1.42. The highest BCUT2D eigenvalue weighted by atomic mass is 16.6. The van der Waals surface area contributed by atoms with Gasteiger partial charge in [-0.25, -0.2) is 0 Å². The minimum absolute atomic E-state index is 0.00244. The number of aromatic nitrogens is 3. The van der Waals surface area contributed by atoms with E-state index < -0.39 is 4.92 Å². The molecule has 1 amide bonds. The molecule has 4 rings (SSSR count). The summed E-state index contributed by atoms with van der Waals surface area (Å²) in [7, 11) is 0. The molecule has 1 fully saturated rings. The van der Waals surface area contributed by atoms with E-state index in [1.165, 1.54) is 12.1 Å². The number of nitrogens with one attached hydrogen (secondary N) is 1. The number of nitrogens with zero attached hydrogens (tertiary/aromatic N) is 5.